The van der Waals surface area contributed by atoms with Gasteiger partial charge in [0.2, 0.25) is 0 Å². The standard InChI is InChI=1S/C16H26N4O2.C16H25N3O2/c17-14-7-8-15(16(13-14)20(21)22)18-9-3-1-4-10-19-11-5-2-6-12-19;20-19(21)16-10-4-3-9-15(16)17-11-5-1-6-12-18-13-7-2-8-14-18/h7-8,13,18H,1-6,9-12,17H2;3-4,9-10,17H,1-2,5-8,11-14H2. The number of benzene rings is 2. The van der Waals surface area contributed by atoms with Crippen LogP contribution in [0.25, 0.3) is 0 Å². The summed E-state index contributed by atoms with van der Waals surface area (Å²) in [7, 11) is 0. The molecule has 43 heavy (non-hydrogen) atoms. The number of para-hydroxylation sites is 2. The number of unbranched alkanes of at least 4 members (excludes halogenated alkanes) is 4. The highest BCUT2D eigenvalue weighted by atomic mass is 16.6. The summed E-state index contributed by atoms with van der Waals surface area (Å²) in [4.78, 5) is 26.3. The van der Waals surface area contributed by atoms with Crippen molar-refractivity contribution in [2.24, 2.45) is 0 Å². The average molecular weight is 598 g/mol. The van der Waals surface area contributed by atoms with Gasteiger partial charge in [0.15, 0.2) is 0 Å². The normalized spacial score (nSPS) is 15.7. The second-order valence-corrected chi connectivity index (χ2v) is 11.6. The molecule has 2 aliphatic rings. The van der Waals surface area contributed by atoms with Crippen molar-refractivity contribution in [1.29, 1.82) is 0 Å². The van der Waals surface area contributed by atoms with Gasteiger partial charge in [-0.2, -0.15) is 0 Å². The molecule has 11 heteroatoms. The molecule has 0 amide bonds. The van der Waals surface area contributed by atoms with Crippen LogP contribution in [0.15, 0.2) is 42.5 Å². The summed E-state index contributed by atoms with van der Waals surface area (Å²) >= 11 is 0. The zero-order chi connectivity index (χ0) is 30.7. The molecule has 4 rings (SSSR count). The molecule has 11 nitrogen and oxygen atoms in total. The molecule has 0 saturated carbocycles. The van der Waals surface area contributed by atoms with Crippen molar-refractivity contribution in [1.82, 2.24) is 9.80 Å². The van der Waals surface area contributed by atoms with E-state index < -0.39 is 4.92 Å². The smallest absolute Gasteiger partial charge is 0.294 e. The van der Waals surface area contributed by atoms with Gasteiger partial charge in [-0.3, -0.25) is 20.2 Å². The second kappa shape index (κ2) is 19.7. The van der Waals surface area contributed by atoms with Crippen LogP contribution in [0, 0.1) is 20.2 Å². The number of nitro groups is 2. The summed E-state index contributed by atoms with van der Waals surface area (Å²) in [5.74, 6) is 0. The van der Waals surface area contributed by atoms with E-state index in [2.05, 4.69) is 20.4 Å². The van der Waals surface area contributed by atoms with E-state index >= 15 is 0 Å². The maximum absolute atomic E-state index is 11.0. The van der Waals surface area contributed by atoms with E-state index in [1.165, 1.54) is 103 Å². The van der Waals surface area contributed by atoms with Gasteiger partial charge in [0.25, 0.3) is 11.4 Å². The van der Waals surface area contributed by atoms with Crippen molar-refractivity contribution < 1.29 is 9.85 Å². The number of anilines is 3. The molecule has 238 valence electrons. The third-order valence-electron chi connectivity index (χ3n) is 8.15. The number of nitrogens with two attached hydrogens (primary N) is 1. The van der Waals surface area contributed by atoms with E-state index in [1.54, 1.807) is 30.3 Å². The number of rotatable bonds is 16. The van der Waals surface area contributed by atoms with E-state index in [-0.39, 0.29) is 16.3 Å². The molecule has 2 heterocycles. The lowest BCUT2D eigenvalue weighted by Gasteiger charge is -2.26. The van der Waals surface area contributed by atoms with Crippen LogP contribution >= 0.6 is 0 Å². The first kappa shape index (κ1) is 34.1. The Kier molecular flexibility index (Phi) is 15.6. The molecule has 0 bridgehead atoms. The largest absolute Gasteiger partial charge is 0.399 e. The van der Waals surface area contributed by atoms with Gasteiger partial charge in [0, 0.05) is 30.9 Å². The topological polar surface area (TPSA) is 143 Å². The second-order valence-electron chi connectivity index (χ2n) is 11.6. The van der Waals surface area contributed by atoms with Gasteiger partial charge in [-0.1, -0.05) is 37.8 Å². The van der Waals surface area contributed by atoms with Crippen LogP contribution in [0.5, 0.6) is 0 Å². The zero-order valence-electron chi connectivity index (χ0n) is 25.7. The molecule has 2 aromatic rings. The van der Waals surface area contributed by atoms with Gasteiger partial charge in [0.05, 0.1) is 9.85 Å². The summed E-state index contributed by atoms with van der Waals surface area (Å²) in [5, 5.41) is 28.2. The molecule has 2 aromatic carbocycles. The third-order valence-corrected chi connectivity index (χ3v) is 8.15. The number of hydrogen-bond donors (Lipinski definition) is 3. The molecule has 0 aliphatic carbocycles. The van der Waals surface area contributed by atoms with Gasteiger partial charge in [-0.15, -0.1) is 0 Å². The lowest BCUT2D eigenvalue weighted by Crippen LogP contribution is -2.30. The molecule has 2 aliphatic heterocycles. The highest BCUT2D eigenvalue weighted by molar-refractivity contribution is 5.66. The fourth-order valence-electron chi connectivity index (χ4n) is 5.72. The molecule has 0 aromatic heterocycles. The number of nitro benzene ring substituents is 2. The Labute approximate surface area is 256 Å². The quantitative estimate of drug-likeness (QED) is 0.0814. The zero-order valence-corrected chi connectivity index (χ0v) is 25.7. The van der Waals surface area contributed by atoms with Crippen LogP contribution in [0.2, 0.25) is 0 Å². The summed E-state index contributed by atoms with van der Waals surface area (Å²) in [6.45, 7) is 8.94. The number of nitrogen functional groups attached to an aromatic ring is 1. The average Bonchev–Trinajstić information content (AvgIpc) is 3.02. The van der Waals surface area contributed by atoms with E-state index in [9.17, 15) is 20.2 Å². The van der Waals surface area contributed by atoms with E-state index in [0.717, 1.165) is 32.4 Å². The lowest BCUT2D eigenvalue weighted by molar-refractivity contribution is -0.384. The van der Waals surface area contributed by atoms with Crippen molar-refractivity contribution in [3.05, 3.63) is 62.7 Å². The number of piperidine rings is 2. The number of hydrogen-bond acceptors (Lipinski definition) is 9. The van der Waals surface area contributed by atoms with Crippen molar-refractivity contribution in [2.45, 2.75) is 77.0 Å². The Morgan fingerprint density at radius 1 is 0.628 bits per heavy atom. The number of nitrogens with one attached hydrogen (secondary N) is 2. The minimum absolute atomic E-state index is 0.0494. The van der Waals surface area contributed by atoms with E-state index in [0.29, 0.717) is 17.1 Å². The molecular weight excluding hydrogens is 546 g/mol. The van der Waals surface area contributed by atoms with Gasteiger partial charge < -0.3 is 26.2 Å². The van der Waals surface area contributed by atoms with Crippen molar-refractivity contribution in [3.63, 3.8) is 0 Å². The molecular formula is C32H51N7O4. The molecule has 0 unspecified atom stereocenters. The maximum Gasteiger partial charge on any atom is 0.294 e. The van der Waals surface area contributed by atoms with Crippen molar-refractivity contribution in [2.75, 3.05) is 68.7 Å². The molecule has 4 N–H and O–H groups in total. The van der Waals surface area contributed by atoms with Crippen molar-refractivity contribution in [3.8, 4) is 0 Å². The van der Waals surface area contributed by atoms with Crippen LogP contribution in [-0.2, 0) is 0 Å². The minimum atomic E-state index is -0.394. The van der Waals surface area contributed by atoms with Gasteiger partial charge >= 0.3 is 0 Å². The van der Waals surface area contributed by atoms with Crippen LogP contribution in [0.1, 0.15) is 77.0 Å². The Morgan fingerprint density at radius 2 is 1.12 bits per heavy atom. The third kappa shape index (κ3) is 13.2. The Bertz CT molecular complexity index is 1100. The maximum atomic E-state index is 11.0. The summed E-state index contributed by atoms with van der Waals surface area (Å²) < 4.78 is 0. The SMILES string of the molecule is Nc1ccc(NCCCCCN2CCCCC2)c([N+](=O)[O-])c1.O=[N+]([O-])c1ccccc1NCCCCCN1CCCCC1. The highest BCUT2D eigenvalue weighted by Crippen LogP contribution is 2.26. The van der Waals surface area contributed by atoms with E-state index in [1.807, 2.05) is 6.07 Å². The van der Waals surface area contributed by atoms with E-state index in [4.69, 9.17) is 5.73 Å². The van der Waals surface area contributed by atoms with Gasteiger partial charge in [0.1, 0.15) is 11.4 Å². The first-order chi connectivity index (χ1) is 20.9. The lowest BCUT2D eigenvalue weighted by atomic mass is 10.1. The van der Waals surface area contributed by atoms with Crippen LogP contribution in [-0.4, -0.2) is 72.0 Å². The summed E-state index contributed by atoms with van der Waals surface area (Å²) in [6, 6.07) is 11.6. The number of nitrogens with zero attached hydrogens (tertiary/aromatic N) is 4. The fourth-order valence-corrected chi connectivity index (χ4v) is 5.72. The molecule has 0 atom stereocenters. The minimum Gasteiger partial charge on any atom is -0.399 e. The van der Waals surface area contributed by atoms with Crippen LogP contribution in [0.3, 0.4) is 0 Å². The van der Waals surface area contributed by atoms with Gasteiger partial charge in [-0.05, 0) is 109 Å². The highest BCUT2D eigenvalue weighted by Gasteiger charge is 2.14. The first-order valence-corrected chi connectivity index (χ1v) is 16.1. The first-order valence-electron chi connectivity index (χ1n) is 16.1. The summed E-state index contributed by atoms with van der Waals surface area (Å²) in [5.41, 5.74) is 7.39. The van der Waals surface area contributed by atoms with Crippen molar-refractivity contribution >= 4 is 28.4 Å². The summed E-state index contributed by atoms with van der Waals surface area (Å²) in [6.07, 6.45) is 14.9. The molecule has 0 radical (unpaired) electrons. The Balaban J connectivity index is 0.000000236. The fraction of sp³-hybridized carbons (Fsp3) is 0.625. The number of likely N-dealkylation sites (tertiary alicyclic amines) is 2. The Hall–Kier alpha value is -3.44. The van der Waals surface area contributed by atoms with Gasteiger partial charge in [-0.25, -0.2) is 0 Å². The predicted molar refractivity (Wildman–Crippen MR) is 176 cm³/mol. The van der Waals surface area contributed by atoms with Crippen LogP contribution in [0.4, 0.5) is 28.4 Å². The Morgan fingerprint density at radius 3 is 1.63 bits per heavy atom. The molecule has 2 fully saturated rings. The predicted octanol–water partition coefficient (Wildman–Crippen LogP) is 6.91. The monoisotopic (exact) mass is 597 g/mol. The van der Waals surface area contributed by atoms with Crippen LogP contribution < -0.4 is 16.4 Å². The molecule has 0 spiro atoms. The molecule has 2 saturated heterocycles.